The number of benzene rings is 2. The Morgan fingerprint density at radius 1 is 0.655 bits per heavy atom. The third kappa shape index (κ3) is 18.9. The van der Waals surface area contributed by atoms with Gasteiger partial charge in [0.05, 0.1) is 24.6 Å². The van der Waals surface area contributed by atoms with Gasteiger partial charge in [0.25, 0.3) is 0 Å². The minimum atomic E-state index is -1.06. The molecule has 2 heterocycles. The molecule has 2 aliphatic rings. The first-order valence-corrected chi connectivity index (χ1v) is 19.7. The van der Waals surface area contributed by atoms with Crippen molar-refractivity contribution in [3.8, 4) is 0 Å². The molecule has 316 valence electrons. The molecule has 0 saturated heterocycles. The van der Waals surface area contributed by atoms with Gasteiger partial charge in [0, 0.05) is 44.1 Å². The van der Waals surface area contributed by atoms with Crippen molar-refractivity contribution in [3.63, 3.8) is 0 Å². The molecule has 0 aromatic heterocycles. The second kappa shape index (κ2) is 21.6. The zero-order valence-electron chi connectivity index (χ0n) is 34.7. The lowest BCUT2D eigenvalue weighted by Gasteiger charge is -2.20. The Hall–Kier alpha value is -5.03. The van der Waals surface area contributed by atoms with Gasteiger partial charge in [-0.15, -0.1) is 0 Å². The number of rotatable bonds is 4. The number of nitrogens with zero attached hydrogens (tertiary/aromatic N) is 2. The Labute approximate surface area is 356 Å². The summed E-state index contributed by atoms with van der Waals surface area (Å²) in [6.45, 7) is 19.5. The normalized spacial score (nSPS) is 13.4. The maximum absolute atomic E-state index is 12.2. The third-order valence-electron chi connectivity index (χ3n) is 6.56. The van der Waals surface area contributed by atoms with E-state index in [2.05, 4.69) is 51.9 Å². The molecular weight excluding hydrogens is 884 g/mol. The van der Waals surface area contributed by atoms with Crippen LogP contribution in [-0.2, 0) is 38.0 Å². The van der Waals surface area contributed by atoms with Gasteiger partial charge in [0.1, 0.15) is 28.5 Å². The number of halogens is 2. The predicted molar refractivity (Wildman–Crippen MR) is 228 cm³/mol. The van der Waals surface area contributed by atoms with Gasteiger partial charge in [-0.05, 0) is 113 Å². The molecule has 1 amide bonds. The number of carbonyl (C=O) groups excluding carboxylic acids is 5. The number of carbonyl (C=O) groups is 5. The van der Waals surface area contributed by atoms with Crippen molar-refractivity contribution in [2.75, 3.05) is 13.2 Å². The number of ether oxygens (including phenoxy) is 6. The van der Waals surface area contributed by atoms with Crippen molar-refractivity contribution in [3.05, 3.63) is 67.6 Å². The summed E-state index contributed by atoms with van der Waals surface area (Å²) < 4.78 is 30.9. The van der Waals surface area contributed by atoms with Gasteiger partial charge in [-0.3, -0.25) is 5.32 Å². The van der Waals surface area contributed by atoms with E-state index in [4.69, 9.17) is 29.4 Å². The number of nitrogens with one attached hydrogen (secondary N) is 1. The average molecular weight is 937 g/mol. The van der Waals surface area contributed by atoms with Crippen molar-refractivity contribution >= 4 is 97.4 Å². The molecule has 2 aliphatic heterocycles. The van der Waals surface area contributed by atoms with E-state index < -0.39 is 41.2 Å². The number of nitrogens with two attached hydrogens (primary N) is 1. The van der Waals surface area contributed by atoms with E-state index in [0.717, 1.165) is 25.8 Å². The van der Waals surface area contributed by atoms with Gasteiger partial charge >= 0.3 is 30.3 Å². The quantitative estimate of drug-likeness (QED) is 0.167. The van der Waals surface area contributed by atoms with Crippen LogP contribution in [0.5, 0.6) is 0 Å². The summed E-state index contributed by atoms with van der Waals surface area (Å²) in [4.78, 5) is 66.8. The molecule has 2 aromatic carbocycles. The van der Waals surface area contributed by atoms with E-state index in [9.17, 15) is 24.0 Å². The van der Waals surface area contributed by atoms with Crippen LogP contribution in [0.1, 0.15) is 100 Å². The average Bonchev–Trinajstić information content (AvgIpc) is 3.32. The van der Waals surface area contributed by atoms with E-state index in [1.807, 2.05) is 36.4 Å². The number of aliphatic imine (C=N–C) groups is 2. The summed E-state index contributed by atoms with van der Waals surface area (Å²) in [7, 11) is 0. The zero-order chi connectivity index (χ0) is 44.0. The van der Waals surface area contributed by atoms with Gasteiger partial charge in [-0.2, -0.15) is 0 Å². The van der Waals surface area contributed by atoms with Crippen molar-refractivity contribution in [1.82, 2.24) is 5.32 Å². The van der Waals surface area contributed by atoms with Crippen LogP contribution in [-0.4, -0.2) is 72.0 Å². The SMILES string of the molecule is CC(C)(C)OC(=O)OC(=O)OC(C)(C)C.CCOC(=O)C1=Cc2ccc(Br)cc2N=C(N)C1.CCOC(=O)C1=Cc2ccc(Br)cc2N=C(NC(=O)OC(C)(C)C)C1. The standard InChI is InChI=1S/C18H21BrN2O4.C13H13BrN2O2.C10H18O5/c1-5-24-16(22)12-8-11-6-7-13(19)10-14(11)20-15(9-12)21-17(23)25-18(2,3)4;1-2-18-13(17)9-5-8-3-4-10(14)7-11(8)16-12(15)6-9;1-9(2,3)14-7(11)13-8(12)15-10(4,5)6/h6-8,10H,5,9H2,1-4H3,(H,20,21,23);3-5,7H,2,6H2,1H3,(H2,15,16);1-6H3. The summed E-state index contributed by atoms with van der Waals surface area (Å²) in [5.74, 6) is -0.0417. The number of hydrogen-bond donors (Lipinski definition) is 2. The Morgan fingerprint density at radius 2 is 1.07 bits per heavy atom. The Morgan fingerprint density at radius 3 is 1.48 bits per heavy atom. The molecule has 58 heavy (non-hydrogen) atoms. The lowest BCUT2D eigenvalue weighted by Crippen LogP contribution is -2.36. The van der Waals surface area contributed by atoms with Crippen LogP contribution in [0, 0.1) is 0 Å². The molecule has 3 N–H and O–H groups in total. The minimum absolute atomic E-state index is 0.143. The fourth-order valence-electron chi connectivity index (χ4n) is 4.52. The molecule has 0 unspecified atom stereocenters. The highest BCUT2D eigenvalue weighted by molar-refractivity contribution is 9.10. The number of fused-ring (bicyclic) bond motifs is 2. The fraction of sp³-hybridized carbons (Fsp3) is 0.439. The summed E-state index contributed by atoms with van der Waals surface area (Å²) >= 11 is 6.78. The number of amidine groups is 2. The molecule has 0 fully saturated rings. The van der Waals surface area contributed by atoms with E-state index in [1.165, 1.54) is 0 Å². The van der Waals surface area contributed by atoms with Gasteiger partial charge < -0.3 is 34.2 Å². The first kappa shape index (κ1) is 49.1. The molecule has 15 nitrogen and oxygen atoms in total. The van der Waals surface area contributed by atoms with Crippen LogP contribution < -0.4 is 11.1 Å². The lowest BCUT2D eigenvalue weighted by molar-refractivity contribution is -0.139. The van der Waals surface area contributed by atoms with Gasteiger partial charge in [0.2, 0.25) is 0 Å². The molecule has 0 saturated carbocycles. The van der Waals surface area contributed by atoms with Gasteiger partial charge in [-0.25, -0.2) is 34.0 Å². The van der Waals surface area contributed by atoms with E-state index in [-0.39, 0.29) is 19.0 Å². The molecule has 2 aromatic rings. The summed E-state index contributed by atoms with van der Waals surface area (Å²) in [5, 5.41) is 2.63. The molecule has 0 aliphatic carbocycles. The van der Waals surface area contributed by atoms with Gasteiger partial charge in [-0.1, -0.05) is 44.0 Å². The maximum atomic E-state index is 12.2. The van der Waals surface area contributed by atoms with Crippen molar-refractivity contribution in [2.24, 2.45) is 15.7 Å². The molecule has 0 spiro atoms. The smallest absolute Gasteiger partial charge is 0.463 e. The Kier molecular flexibility index (Phi) is 18.3. The zero-order valence-corrected chi connectivity index (χ0v) is 37.8. The largest absolute Gasteiger partial charge is 0.519 e. The number of amides is 1. The maximum Gasteiger partial charge on any atom is 0.519 e. The summed E-state index contributed by atoms with van der Waals surface area (Å²) in [5.41, 5.74) is 7.76. The van der Waals surface area contributed by atoms with Crippen LogP contribution >= 0.6 is 31.9 Å². The number of esters is 2. The molecular formula is C41H52Br2N4O11. The van der Waals surface area contributed by atoms with Crippen LogP contribution in [0.2, 0.25) is 0 Å². The van der Waals surface area contributed by atoms with Crippen molar-refractivity contribution in [2.45, 2.75) is 106 Å². The lowest BCUT2D eigenvalue weighted by atomic mass is 10.1. The van der Waals surface area contributed by atoms with E-state index >= 15 is 0 Å². The van der Waals surface area contributed by atoms with Gasteiger partial charge in [0.15, 0.2) is 0 Å². The Balaban J connectivity index is 0.000000312. The highest BCUT2D eigenvalue weighted by Gasteiger charge is 2.25. The van der Waals surface area contributed by atoms with Crippen LogP contribution in [0.4, 0.5) is 25.8 Å². The van der Waals surface area contributed by atoms with Crippen molar-refractivity contribution < 1.29 is 52.4 Å². The van der Waals surface area contributed by atoms with Crippen LogP contribution in [0.15, 0.2) is 66.5 Å². The predicted octanol–water partition coefficient (Wildman–Crippen LogP) is 10.0. The molecule has 0 radical (unpaired) electrons. The Bertz CT molecular complexity index is 1940. The first-order chi connectivity index (χ1) is 26.8. The molecule has 17 heteroatoms. The van der Waals surface area contributed by atoms with E-state index in [0.29, 0.717) is 41.5 Å². The van der Waals surface area contributed by atoms with Crippen LogP contribution in [0.25, 0.3) is 12.2 Å². The second-order valence-electron chi connectivity index (χ2n) is 15.4. The summed E-state index contributed by atoms with van der Waals surface area (Å²) in [6.07, 6.45) is 1.23. The molecule has 4 rings (SSSR count). The number of alkyl carbamates (subject to hydrolysis) is 1. The topological polar surface area (TPSA) is 203 Å². The molecule has 0 bridgehead atoms. The minimum Gasteiger partial charge on any atom is -0.463 e. The summed E-state index contributed by atoms with van der Waals surface area (Å²) in [6, 6.07) is 11.2. The third-order valence-corrected chi connectivity index (χ3v) is 7.55. The number of hydrogen-bond acceptors (Lipinski definition) is 14. The van der Waals surface area contributed by atoms with Crippen LogP contribution in [0.3, 0.4) is 0 Å². The fourth-order valence-corrected chi connectivity index (χ4v) is 5.21. The second-order valence-corrected chi connectivity index (χ2v) is 17.2. The highest BCUT2D eigenvalue weighted by atomic mass is 79.9. The van der Waals surface area contributed by atoms with Crippen molar-refractivity contribution in [1.29, 1.82) is 0 Å². The first-order valence-electron chi connectivity index (χ1n) is 18.2. The molecule has 0 atom stereocenters. The highest BCUT2D eigenvalue weighted by Crippen LogP contribution is 2.31. The van der Waals surface area contributed by atoms with E-state index in [1.54, 1.807) is 88.3 Å². The monoisotopic (exact) mass is 934 g/mol.